The van der Waals surface area contributed by atoms with Gasteiger partial charge in [-0.2, -0.15) is 0 Å². The summed E-state index contributed by atoms with van der Waals surface area (Å²) in [7, 11) is 0. The number of carbonyl (C=O) groups excluding carboxylic acids is 1. The molecule has 1 aliphatic carbocycles. The Morgan fingerprint density at radius 2 is 1.95 bits per heavy atom. The van der Waals surface area contributed by atoms with Crippen molar-refractivity contribution in [1.82, 2.24) is 5.32 Å². The third kappa shape index (κ3) is 4.45. The van der Waals surface area contributed by atoms with Gasteiger partial charge in [0.15, 0.2) is 0 Å². The first-order valence-electron chi connectivity index (χ1n) is 8.10. The van der Waals surface area contributed by atoms with E-state index in [0.29, 0.717) is 17.8 Å². The second-order valence-corrected chi connectivity index (χ2v) is 6.69. The van der Waals surface area contributed by atoms with Gasteiger partial charge in [0.25, 0.3) is 0 Å². The first-order chi connectivity index (χ1) is 10.1. The topological polar surface area (TPSA) is 29.1 Å². The lowest BCUT2D eigenvalue weighted by Crippen LogP contribution is -2.38. The van der Waals surface area contributed by atoms with Gasteiger partial charge >= 0.3 is 0 Å². The molecule has 2 rings (SSSR count). The normalized spacial score (nSPS) is 26.2. The van der Waals surface area contributed by atoms with E-state index in [1.165, 1.54) is 12.8 Å². The summed E-state index contributed by atoms with van der Waals surface area (Å²) in [5.74, 6) is 2.10. The lowest BCUT2D eigenvalue weighted by Gasteiger charge is -2.36. The van der Waals surface area contributed by atoms with Crippen LogP contribution in [0.1, 0.15) is 45.6 Å². The van der Waals surface area contributed by atoms with Crippen LogP contribution in [0, 0.1) is 23.7 Å². The molecule has 1 aliphatic rings. The highest BCUT2D eigenvalue weighted by molar-refractivity contribution is 5.80. The van der Waals surface area contributed by atoms with Gasteiger partial charge in [-0.1, -0.05) is 57.5 Å². The van der Waals surface area contributed by atoms with Gasteiger partial charge in [0, 0.05) is 12.1 Å². The van der Waals surface area contributed by atoms with Crippen LogP contribution in [0.4, 0.5) is 0 Å². The average molecular weight is 285 g/mol. The van der Waals surface area contributed by atoms with Gasteiger partial charge in [-0.15, -0.1) is 0 Å². The molecule has 2 nitrogen and oxygen atoms in total. The minimum Gasteiger partial charge on any atom is -0.332 e. The van der Waals surface area contributed by atoms with Crippen molar-refractivity contribution < 1.29 is 4.79 Å². The van der Waals surface area contributed by atoms with Crippen LogP contribution in [0.5, 0.6) is 0 Å². The SMILES string of the molecule is CC(C)[C@@H]1CC[C@@H](C)C[C@H]1C(=O)N/C=C/c1ccccc1. The molecule has 0 spiro atoms. The molecular formula is C19H27NO. The lowest BCUT2D eigenvalue weighted by molar-refractivity contribution is -0.128. The van der Waals surface area contributed by atoms with Crippen LogP contribution in [0.25, 0.3) is 6.08 Å². The largest absolute Gasteiger partial charge is 0.332 e. The molecule has 21 heavy (non-hydrogen) atoms. The number of carbonyl (C=O) groups is 1. The number of nitrogens with one attached hydrogen (secondary N) is 1. The molecule has 1 N–H and O–H groups in total. The maximum absolute atomic E-state index is 12.5. The fourth-order valence-electron chi connectivity index (χ4n) is 3.39. The van der Waals surface area contributed by atoms with Crippen LogP contribution in [0.15, 0.2) is 36.5 Å². The third-order valence-electron chi connectivity index (χ3n) is 4.66. The van der Waals surface area contributed by atoms with Gasteiger partial charge in [-0.25, -0.2) is 0 Å². The Hall–Kier alpha value is -1.57. The Morgan fingerprint density at radius 1 is 1.24 bits per heavy atom. The van der Waals surface area contributed by atoms with Crippen molar-refractivity contribution in [1.29, 1.82) is 0 Å². The molecule has 0 bridgehead atoms. The van der Waals surface area contributed by atoms with E-state index in [2.05, 4.69) is 26.1 Å². The highest BCUT2D eigenvalue weighted by Crippen LogP contribution is 2.38. The van der Waals surface area contributed by atoms with E-state index in [-0.39, 0.29) is 11.8 Å². The van der Waals surface area contributed by atoms with Crippen molar-refractivity contribution in [3.8, 4) is 0 Å². The van der Waals surface area contributed by atoms with E-state index in [4.69, 9.17) is 0 Å². The summed E-state index contributed by atoms with van der Waals surface area (Å²) in [6, 6.07) is 10.1. The first-order valence-corrected chi connectivity index (χ1v) is 8.10. The number of hydrogen-bond donors (Lipinski definition) is 1. The van der Waals surface area contributed by atoms with E-state index in [0.717, 1.165) is 12.0 Å². The van der Waals surface area contributed by atoms with Gasteiger partial charge in [-0.05, 0) is 42.2 Å². The molecule has 1 aromatic rings. The summed E-state index contributed by atoms with van der Waals surface area (Å²) >= 11 is 0. The molecule has 0 radical (unpaired) electrons. The van der Waals surface area contributed by atoms with Gasteiger partial charge in [0.05, 0.1) is 0 Å². The Bertz CT molecular complexity index is 478. The van der Waals surface area contributed by atoms with Crippen molar-refractivity contribution in [3.05, 3.63) is 42.1 Å². The Balaban J connectivity index is 1.96. The van der Waals surface area contributed by atoms with Crippen molar-refractivity contribution >= 4 is 12.0 Å². The van der Waals surface area contributed by atoms with Crippen LogP contribution in [-0.2, 0) is 4.79 Å². The smallest absolute Gasteiger partial charge is 0.227 e. The molecule has 0 aliphatic heterocycles. The zero-order valence-electron chi connectivity index (χ0n) is 13.4. The van der Waals surface area contributed by atoms with Crippen molar-refractivity contribution in [2.45, 2.75) is 40.0 Å². The monoisotopic (exact) mass is 285 g/mol. The summed E-state index contributed by atoms with van der Waals surface area (Å²) in [6.45, 7) is 6.73. The molecule has 0 aromatic heterocycles. The zero-order valence-corrected chi connectivity index (χ0v) is 13.4. The second kappa shape index (κ2) is 7.44. The second-order valence-electron chi connectivity index (χ2n) is 6.69. The summed E-state index contributed by atoms with van der Waals surface area (Å²) in [5.41, 5.74) is 1.11. The maximum Gasteiger partial charge on any atom is 0.227 e. The van der Waals surface area contributed by atoms with Crippen LogP contribution < -0.4 is 5.32 Å². The summed E-state index contributed by atoms with van der Waals surface area (Å²) in [5, 5.41) is 2.99. The fourth-order valence-corrected chi connectivity index (χ4v) is 3.39. The first kappa shape index (κ1) is 15.8. The van der Waals surface area contributed by atoms with Crippen LogP contribution in [-0.4, -0.2) is 5.91 Å². The molecule has 0 heterocycles. The highest BCUT2D eigenvalue weighted by Gasteiger charge is 2.34. The average Bonchev–Trinajstić information content (AvgIpc) is 2.47. The minimum atomic E-state index is 0.161. The molecule has 1 saturated carbocycles. The van der Waals surface area contributed by atoms with Crippen molar-refractivity contribution in [2.24, 2.45) is 23.7 Å². The van der Waals surface area contributed by atoms with E-state index in [1.54, 1.807) is 6.20 Å². The lowest BCUT2D eigenvalue weighted by atomic mass is 9.70. The maximum atomic E-state index is 12.5. The van der Waals surface area contributed by atoms with Crippen LogP contribution in [0.3, 0.4) is 0 Å². The Labute approximate surface area is 128 Å². The molecule has 1 fully saturated rings. The predicted molar refractivity (Wildman–Crippen MR) is 88.5 cm³/mol. The molecule has 1 aromatic carbocycles. The van der Waals surface area contributed by atoms with Crippen molar-refractivity contribution in [3.63, 3.8) is 0 Å². The van der Waals surface area contributed by atoms with Gasteiger partial charge in [0.1, 0.15) is 0 Å². The number of amides is 1. The van der Waals surface area contributed by atoms with Gasteiger partial charge in [-0.3, -0.25) is 4.79 Å². The van der Waals surface area contributed by atoms with E-state index in [9.17, 15) is 4.79 Å². The quantitative estimate of drug-likeness (QED) is 0.868. The Kier molecular flexibility index (Phi) is 5.60. The van der Waals surface area contributed by atoms with E-state index < -0.39 is 0 Å². The summed E-state index contributed by atoms with van der Waals surface area (Å²) < 4.78 is 0. The molecular weight excluding hydrogens is 258 g/mol. The Morgan fingerprint density at radius 3 is 2.62 bits per heavy atom. The van der Waals surface area contributed by atoms with Crippen molar-refractivity contribution in [2.75, 3.05) is 0 Å². The number of benzene rings is 1. The van der Waals surface area contributed by atoms with E-state index in [1.807, 2.05) is 36.4 Å². The summed E-state index contributed by atoms with van der Waals surface area (Å²) in [4.78, 5) is 12.5. The number of rotatable bonds is 4. The van der Waals surface area contributed by atoms with Gasteiger partial charge in [0.2, 0.25) is 5.91 Å². The minimum absolute atomic E-state index is 0.161. The molecule has 0 unspecified atom stereocenters. The van der Waals surface area contributed by atoms with Crippen LogP contribution in [0.2, 0.25) is 0 Å². The third-order valence-corrected chi connectivity index (χ3v) is 4.66. The predicted octanol–water partition coefficient (Wildman–Crippen LogP) is 4.48. The molecule has 1 amide bonds. The highest BCUT2D eigenvalue weighted by atomic mass is 16.1. The summed E-state index contributed by atoms with van der Waals surface area (Å²) in [6.07, 6.45) is 7.20. The standard InChI is InChI=1S/C19H27NO/c1-14(2)17-10-9-15(3)13-18(17)19(21)20-12-11-16-7-5-4-6-8-16/h4-8,11-12,14-15,17-18H,9-10,13H2,1-3H3,(H,20,21)/b12-11+/t15-,17+,18-/m1/s1. The van der Waals surface area contributed by atoms with Gasteiger partial charge < -0.3 is 5.32 Å². The number of hydrogen-bond acceptors (Lipinski definition) is 1. The van der Waals surface area contributed by atoms with E-state index >= 15 is 0 Å². The fraction of sp³-hybridized carbons (Fsp3) is 0.526. The molecule has 0 saturated heterocycles. The molecule has 114 valence electrons. The molecule has 3 atom stereocenters. The zero-order chi connectivity index (χ0) is 15.2. The molecule has 2 heteroatoms. The van der Waals surface area contributed by atoms with Crippen LogP contribution >= 0.6 is 0 Å².